The van der Waals surface area contributed by atoms with Crippen LogP contribution in [-0.2, 0) is 6.42 Å². The number of nitrogens with two attached hydrogens (primary N) is 1. The van der Waals surface area contributed by atoms with Crippen LogP contribution in [0.15, 0.2) is 60.9 Å². The summed E-state index contributed by atoms with van der Waals surface area (Å²) in [5.41, 5.74) is 5.03. The molecule has 0 saturated carbocycles. The normalized spacial score (nSPS) is 12.5. The van der Waals surface area contributed by atoms with Crippen LogP contribution in [-0.4, -0.2) is 4.98 Å². The average Bonchev–Trinajstić information content (AvgIpc) is 2.54. The molecule has 1 atom stereocenters. The van der Waals surface area contributed by atoms with Gasteiger partial charge in [0.25, 0.3) is 0 Å². The van der Waals surface area contributed by atoms with Crippen molar-refractivity contribution < 1.29 is 0 Å². The second kappa shape index (κ2) is 6.22. The Kier molecular flexibility index (Phi) is 4.15. The van der Waals surface area contributed by atoms with E-state index >= 15 is 0 Å². The fourth-order valence-corrected chi connectivity index (χ4v) is 2.77. The minimum Gasteiger partial charge on any atom is -0.271 e. The monoisotopic (exact) mass is 297 g/mol. The van der Waals surface area contributed by atoms with Crippen LogP contribution in [0.5, 0.6) is 0 Å². The Morgan fingerprint density at radius 1 is 1.05 bits per heavy atom. The van der Waals surface area contributed by atoms with E-state index in [-0.39, 0.29) is 6.04 Å². The topological polar surface area (TPSA) is 50.9 Å². The van der Waals surface area contributed by atoms with Crippen LogP contribution in [0.1, 0.15) is 17.2 Å². The zero-order valence-electron chi connectivity index (χ0n) is 11.5. The maximum absolute atomic E-state index is 6.25. The first-order valence-electron chi connectivity index (χ1n) is 6.82. The molecular formula is C17H16ClN3. The first-order valence-corrected chi connectivity index (χ1v) is 7.19. The molecule has 1 aromatic heterocycles. The van der Waals surface area contributed by atoms with Gasteiger partial charge in [0.15, 0.2) is 0 Å². The highest BCUT2D eigenvalue weighted by Gasteiger charge is 2.15. The summed E-state index contributed by atoms with van der Waals surface area (Å²) in [4.78, 5) is 4.32. The van der Waals surface area contributed by atoms with Crippen LogP contribution < -0.4 is 11.3 Å². The Labute approximate surface area is 128 Å². The molecule has 106 valence electrons. The first-order chi connectivity index (χ1) is 10.3. The van der Waals surface area contributed by atoms with Crippen LogP contribution in [0.3, 0.4) is 0 Å². The SMILES string of the molecule is NNC(Cc1ccccc1Cl)c1cncc2ccccc12. The number of nitrogens with one attached hydrogen (secondary N) is 1. The quantitative estimate of drug-likeness (QED) is 0.571. The number of rotatable bonds is 4. The summed E-state index contributed by atoms with van der Waals surface area (Å²) in [5.74, 6) is 5.77. The molecule has 3 aromatic rings. The van der Waals surface area contributed by atoms with E-state index in [0.717, 1.165) is 26.9 Å². The van der Waals surface area contributed by atoms with Crippen molar-refractivity contribution in [1.29, 1.82) is 0 Å². The van der Waals surface area contributed by atoms with Crippen molar-refractivity contribution in [3.63, 3.8) is 0 Å². The summed E-state index contributed by atoms with van der Waals surface area (Å²) in [6.45, 7) is 0. The van der Waals surface area contributed by atoms with E-state index in [2.05, 4.69) is 22.5 Å². The molecule has 21 heavy (non-hydrogen) atoms. The smallest absolute Gasteiger partial charge is 0.0522 e. The molecule has 4 heteroatoms. The minimum atomic E-state index is -0.0384. The third-order valence-electron chi connectivity index (χ3n) is 3.66. The zero-order valence-corrected chi connectivity index (χ0v) is 12.2. The van der Waals surface area contributed by atoms with Crippen molar-refractivity contribution in [3.8, 4) is 0 Å². The lowest BCUT2D eigenvalue weighted by Crippen LogP contribution is -2.30. The van der Waals surface area contributed by atoms with Crippen molar-refractivity contribution in [2.45, 2.75) is 12.5 Å². The fraction of sp³-hybridized carbons (Fsp3) is 0.118. The van der Waals surface area contributed by atoms with Gasteiger partial charge >= 0.3 is 0 Å². The van der Waals surface area contributed by atoms with Gasteiger partial charge in [-0.2, -0.15) is 0 Å². The van der Waals surface area contributed by atoms with E-state index in [9.17, 15) is 0 Å². The van der Waals surface area contributed by atoms with Crippen molar-refractivity contribution in [3.05, 3.63) is 77.1 Å². The average molecular weight is 298 g/mol. The molecular weight excluding hydrogens is 282 g/mol. The van der Waals surface area contributed by atoms with Gasteiger partial charge in [-0.3, -0.25) is 16.3 Å². The van der Waals surface area contributed by atoms with Gasteiger partial charge in [0.2, 0.25) is 0 Å². The van der Waals surface area contributed by atoms with E-state index in [1.54, 1.807) is 0 Å². The summed E-state index contributed by atoms with van der Waals surface area (Å²) in [6.07, 6.45) is 4.44. The molecule has 0 saturated heterocycles. The van der Waals surface area contributed by atoms with E-state index in [1.807, 2.05) is 48.8 Å². The van der Waals surface area contributed by atoms with Gasteiger partial charge in [0.1, 0.15) is 0 Å². The molecule has 1 heterocycles. The lowest BCUT2D eigenvalue weighted by atomic mass is 9.96. The predicted octanol–water partition coefficient (Wildman–Crippen LogP) is 3.64. The van der Waals surface area contributed by atoms with Crippen molar-refractivity contribution in [2.75, 3.05) is 0 Å². The van der Waals surface area contributed by atoms with Crippen LogP contribution in [0.25, 0.3) is 10.8 Å². The Hall–Kier alpha value is -1.94. The molecule has 0 radical (unpaired) electrons. The molecule has 0 aliphatic carbocycles. The Balaban J connectivity index is 2.01. The van der Waals surface area contributed by atoms with E-state index < -0.39 is 0 Å². The second-order valence-corrected chi connectivity index (χ2v) is 5.37. The summed E-state index contributed by atoms with van der Waals surface area (Å²) in [5, 5.41) is 3.02. The third kappa shape index (κ3) is 2.90. The Morgan fingerprint density at radius 2 is 1.81 bits per heavy atom. The first kappa shape index (κ1) is 14.0. The molecule has 1 unspecified atom stereocenters. The van der Waals surface area contributed by atoms with Gasteiger partial charge in [-0.05, 0) is 29.0 Å². The lowest BCUT2D eigenvalue weighted by Gasteiger charge is -2.18. The number of halogens is 1. The number of hydrazine groups is 1. The van der Waals surface area contributed by atoms with Crippen LogP contribution in [0.4, 0.5) is 0 Å². The summed E-state index contributed by atoms with van der Waals surface area (Å²) < 4.78 is 0. The largest absolute Gasteiger partial charge is 0.271 e. The third-order valence-corrected chi connectivity index (χ3v) is 4.03. The summed E-state index contributed by atoms with van der Waals surface area (Å²) in [7, 11) is 0. The van der Waals surface area contributed by atoms with Crippen LogP contribution in [0.2, 0.25) is 5.02 Å². The number of hydrogen-bond acceptors (Lipinski definition) is 3. The standard InChI is InChI=1S/C17H16ClN3/c18-16-8-4-2-5-12(16)9-17(21-19)15-11-20-10-13-6-1-3-7-14(13)15/h1-8,10-11,17,21H,9,19H2. The highest BCUT2D eigenvalue weighted by atomic mass is 35.5. The van der Waals surface area contributed by atoms with Crippen LogP contribution in [0, 0.1) is 0 Å². The van der Waals surface area contributed by atoms with Gasteiger partial charge in [-0.15, -0.1) is 0 Å². The van der Waals surface area contributed by atoms with Crippen LogP contribution >= 0.6 is 11.6 Å². The number of fused-ring (bicyclic) bond motifs is 1. The molecule has 0 amide bonds. The van der Waals surface area contributed by atoms with Crippen molar-refractivity contribution >= 4 is 22.4 Å². The molecule has 0 fully saturated rings. The molecule has 2 aromatic carbocycles. The maximum atomic E-state index is 6.25. The summed E-state index contributed by atoms with van der Waals surface area (Å²) in [6, 6.07) is 16.0. The molecule has 0 bridgehead atoms. The van der Waals surface area contributed by atoms with Gasteiger partial charge in [-0.1, -0.05) is 54.1 Å². The molecule has 3 rings (SSSR count). The maximum Gasteiger partial charge on any atom is 0.0522 e. The molecule has 0 aliphatic heterocycles. The Morgan fingerprint density at radius 3 is 2.62 bits per heavy atom. The van der Waals surface area contributed by atoms with E-state index in [4.69, 9.17) is 17.4 Å². The summed E-state index contributed by atoms with van der Waals surface area (Å²) >= 11 is 6.25. The number of pyridine rings is 1. The number of nitrogens with zero attached hydrogens (tertiary/aromatic N) is 1. The van der Waals surface area contributed by atoms with E-state index in [1.165, 1.54) is 0 Å². The van der Waals surface area contributed by atoms with Crippen molar-refractivity contribution in [1.82, 2.24) is 10.4 Å². The Bertz CT molecular complexity index is 752. The molecule has 3 nitrogen and oxygen atoms in total. The zero-order chi connectivity index (χ0) is 14.7. The van der Waals surface area contributed by atoms with Gasteiger partial charge in [-0.25, -0.2) is 0 Å². The number of hydrogen-bond donors (Lipinski definition) is 2. The number of benzene rings is 2. The van der Waals surface area contributed by atoms with Gasteiger partial charge in [0, 0.05) is 22.8 Å². The lowest BCUT2D eigenvalue weighted by molar-refractivity contribution is 0.554. The highest BCUT2D eigenvalue weighted by Crippen LogP contribution is 2.27. The number of aromatic nitrogens is 1. The van der Waals surface area contributed by atoms with Crippen molar-refractivity contribution in [2.24, 2.45) is 5.84 Å². The van der Waals surface area contributed by atoms with Gasteiger partial charge in [0.05, 0.1) is 6.04 Å². The fourth-order valence-electron chi connectivity index (χ4n) is 2.56. The van der Waals surface area contributed by atoms with E-state index in [0.29, 0.717) is 6.42 Å². The molecule has 3 N–H and O–H groups in total. The molecule has 0 spiro atoms. The highest BCUT2D eigenvalue weighted by molar-refractivity contribution is 6.31. The minimum absolute atomic E-state index is 0.0384. The van der Waals surface area contributed by atoms with Gasteiger partial charge < -0.3 is 0 Å². The predicted molar refractivity (Wildman–Crippen MR) is 87.0 cm³/mol. The second-order valence-electron chi connectivity index (χ2n) is 4.96. The molecule has 0 aliphatic rings.